The van der Waals surface area contributed by atoms with Crippen LogP contribution in [0.3, 0.4) is 0 Å². The van der Waals surface area contributed by atoms with E-state index in [0.29, 0.717) is 13.0 Å². The molecule has 2 aliphatic heterocycles. The Balaban J connectivity index is 1.92. The number of hydrogen-bond acceptors (Lipinski definition) is 5. The standard InChI is InChI=1S/C12H16N4O3S/c1-6-7(2)15(14-13-6)5-12(3)10(11(18)19)16-8(17)4-9(16)20-12/h9-10H,4-5H2,1-3H3,(H,18,19). The van der Waals surface area contributed by atoms with E-state index in [4.69, 9.17) is 0 Å². The fraction of sp³-hybridized carbons (Fsp3) is 0.667. The quantitative estimate of drug-likeness (QED) is 0.813. The summed E-state index contributed by atoms with van der Waals surface area (Å²) in [5, 5.41) is 17.5. The van der Waals surface area contributed by atoms with Crippen molar-refractivity contribution in [1.29, 1.82) is 0 Å². The van der Waals surface area contributed by atoms with Gasteiger partial charge in [0, 0.05) is 0 Å². The molecule has 0 aliphatic carbocycles. The molecular weight excluding hydrogens is 280 g/mol. The minimum absolute atomic E-state index is 0.0153. The second-order valence-electron chi connectivity index (χ2n) is 5.55. The van der Waals surface area contributed by atoms with Gasteiger partial charge in [0.2, 0.25) is 5.91 Å². The van der Waals surface area contributed by atoms with E-state index >= 15 is 0 Å². The van der Waals surface area contributed by atoms with Crippen LogP contribution in [0.25, 0.3) is 0 Å². The van der Waals surface area contributed by atoms with Crippen molar-refractivity contribution in [3.63, 3.8) is 0 Å². The number of nitrogens with zero attached hydrogens (tertiary/aromatic N) is 4. The predicted molar refractivity (Wildman–Crippen MR) is 72.2 cm³/mol. The summed E-state index contributed by atoms with van der Waals surface area (Å²) in [5.41, 5.74) is 1.76. The molecule has 2 fully saturated rings. The van der Waals surface area contributed by atoms with E-state index < -0.39 is 16.8 Å². The smallest absolute Gasteiger partial charge is 0.327 e. The molecule has 3 rings (SSSR count). The third-order valence-corrected chi connectivity index (χ3v) is 5.68. The average Bonchev–Trinajstić information content (AvgIpc) is 2.78. The van der Waals surface area contributed by atoms with Crippen LogP contribution in [0.2, 0.25) is 0 Å². The van der Waals surface area contributed by atoms with Gasteiger partial charge >= 0.3 is 5.97 Å². The minimum Gasteiger partial charge on any atom is -0.480 e. The Labute approximate surface area is 120 Å². The second kappa shape index (κ2) is 4.21. The van der Waals surface area contributed by atoms with Crippen molar-refractivity contribution in [2.24, 2.45) is 0 Å². The van der Waals surface area contributed by atoms with Gasteiger partial charge in [-0.2, -0.15) is 0 Å². The van der Waals surface area contributed by atoms with Gasteiger partial charge in [-0.1, -0.05) is 5.21 Å². The molecule has 3 heterocycles. The number of amides is 1. The van der Waals surface area contributed by atoms with Crippen LogP contribution >= 0.6 is 11.8 Å². The van der Waals surface area contributed by atoms with E-state index in [2.05, 4.69) is 10.3 Å². The van der Waals surface area contributed by atoms with Crippen molar-refractivity contribution in [2.75, 3.05) is 0 Å². The summed E-state index contributed by atoms with van der Waals surface area (Å²) in [4.78, 5) is 24.7. The summed E-state index contributed by atoms with van der Waals surface area (Å²) in [6.45, 7) is 6.10. The summed E-state index contributed by atoms with van der Waals surface area (Å²) in [5.74, 6) is -1.03. The third kappa shape index (κ3) is 1.74. The SMILES string of the molecule is Cc1nnn(CC2(C)SC3CC(=O)N3C2C(=O)O)c1C. The number of carboxylic acids is 1. The van der Waals surface area contributed by atoms with Crippen molar-refractivity contribution in [1.82, 2.24) is 19.9 Å². The van der Waals surface area contributed by atoms with E-state index in [1.165, 1.54) is 4.90 Å². The average molecular weight is 296 g/mol. The number of aromatic nitrogens is 3. The maximum absolute atomic E-state index is 11.7. The molecule has 1 aromatic rings. The number of carbonyl (C=O) groups is 2. The molecule has 20 heavy (non-hydrogen) atoms. The fourth-order valence-corrected chi connectivity index (χ4v) is 4.62. The van der Waals surface area contributed by atoms with Crippen LogP contribution in [0.15, 0.2) is 0 Å². The highest BCUT2D eigenvalue weighted by molar-refractivity contribution is 8.01. The summed E-state index contributed by atoms with van der Waals surface area (Å²) >= 11 is 1.55. The van der Waals surface area contributed by atoms with Gasteiger partial charge in [0.1, 0.15) is 6.04 Å². The Hall–Kier alpha value is -1.57. The predicted octanol–water partition coefficient (Wildman–Crippen LogP) is 0.412. The van der Waals surface area contributed by atoms with Crippen molar-refractivity contribution in [3.05, 3.63) is 11.4 Å². The van der Waals surface area contributed by atoms with Gasteiger partial charge in [0.25, 0.3) is 0 Å². The molecule has 3 unspecified atom stereocenters. The van der Waals surface area contributed by atoms with Crippen molar-refractivity contribution < 1.29 is 14.7 Å². The maximum atomic E-state index is 11.7. The van der Waals surface area contributed by atoms with Crippen molar-refractivity contribution in [2.45, 2.75) is 49.9 Å². The van der Waals surface area contributed by atoms with Gasteiger partial charge < -0.3 is 10.0 Å². The summed E-state index contributed by atoms with van der Waals surface area (Å²) in [7, 11) is 0. The molecule has 2 aliphatic rings. The first-order valence-electron chi connectivity index (χ1n) is 6.42. The van der Waals surface area contributed by atoms with Gasteiger partial charge in [-0.05, 0) is 20.8 Å². The number of hydrogen-bond donors (Lipinski definition) is 1. The van der Waals surface area contributed by atoms with Crippen LogP contribution in [0.4, 0.5) is 0 Å². The first-order chi connectivity index (χ1) is 9.33. The highest BCUT2D eigenvalue weighted by Crippen LogP contribution is 2.51. The number of fused-ring (bicyclic) bond motifs is 1. The van der Waals surface area contributed by atoms with Crippen LogP contribution in [-0.2, 0) is 16.1 Å². The van der Waals surface area contributed by atoms with Crippen molar-refractivity contribution >= 4 is 23.6 Å². The molecule has 3 atom stereocenters. The summed E-state index contributed by atoms with van der Waals surface area (Å²) in [6.07, 6.45) is 0.430. The zero-order valence-electron chi connectivity index (χ0n) is 11.5. The van der Waals surface area contributed by atoms with Gasteiger partial charge in [-0.3, -0.25) is 4.79 Å². The van der Waals surface area contributed by atoms with Crippen LogP contribution in [0.5, 0.6) is 0 Å². The number of aliphatic carboxylic acids is 1. The molecule has 1 aromatic heterocycles. The number of carbonyl (C=O) groups excluding carboxylic acids is 1. The van der Waals surface area contributed by atoms with Gasteiger partial charge in [0.05, 0.1) is 34.5 Å². The third-order valence-electron chi connectivity index (χ3n) is 4.12. The van der Waals surface area contributed by atoms with Gasteiger partial charge in [-0.15, -0.1) is 16.9 Å². The molecule has 0 radical (unpaired) electrons. The molecule has 2 saturated heterocycles. The molecule has 1 amide bonds. The van der Waals surface area contributed by atoms with Gasteiger partial charge in [0.15, 0.2) is 0 Å². The lowest BCUT2D eigenvalue weighted by Crippen LogP contribution is -2.58. The lowest BCUT2D eigenvalue weighted by Gasteiger charge is -2.36. The number of rotatable bonds is 3. The molecule has 108 valence electrons. The monoisotopic (exact) mass is 296 g/mol. The summed E-state index contributed by atoms with van der Waals surface area (Å²) in [6, 6.07) is -0.803. The van der Waals surface area contributed by atoms with Crippen LogP contribution in [0, 0.1) is 13.8 Å². The van der Waals surface area contributed by atoms with Crippen LogP contribution in [-0.4, -0.2) is 53.0 Å². The highest BCUT2D eigenvalue weighted by atomic mass is 32.2. The van der Waals surface area contributed by atoms with E-state index in [1.54, 1.807) is 16.4 Å². The van der Waals surface area contributed by atoms with Crippen molar-refractivity contribution in [3.8, 4) is 0 Å². The van der Waals surface area contributed by atoms with Gasteiger partial charge in [-0.25, -0.2) is 9.48 Å². The van der Waals surface area contributed by atoms with E-state index in [9.17, 15) is 14.7 Å². The Morgan fingerprint density at radius 1 is 1.55 bits per heavy atom. The fourth-order valence-electron chi connectivity index (χ4n) is 2.88. The molecule has 7 nitrogen and oxygen atoms in total. The number of β-lactam (4-membered cyclic amide) rings is 1. The minimum atomic E-state index is -0.954. The second-order valence-corrected chi connectivity index (χ2v) is 7.26. The number of carboxylic acid groups (broad SMARTS) is 1. The molecule has 0 bridgehead atoms. The highest BCUT2D eigenvalue weighted by Gasteiger charge is 2.60. The maximum Gasteiger partial charge on any atom is 0.327 e. The topological polar surface area (TPSA) is 88.3 Å². The Bertz CT molecular complexity index is 602. The lowest BCUT2D eigenvalue weighted by atomic mass is 9.96. The van der Waals surface area contributed by atoms with Crippen LogP contribution < -0.4 is 0 Å². The van der Waals surface area contributed by atoms with E-state index in [-0.39, 0.29) is 11.3 Å². The lowest BCUT2D eigenvalue weighted by molar-refractivity contribution is -0.157. The Morgan fingerprint density at radius 3 is 2.75 bits per heavy atom. The molecule has 0 saturated carbocycles. The largest absolute Gasteiger partial charge is 0.480 e. The zero-order valence-corrected chi connectivity index (χ0v) is 12.3. The Morgan fingerprint density at radius 2 is 2.25 bits per heavy atom. The van der Waals surface area contributed by atoms with E-state index in [0.717, 1.165) is 11.4 Å². The molecule has 8 heteroatoms. The molecule has 1 N–H and O–H groups in total. The molecule has 0 aromatic carbocycles. The zero-order chi connectivity index (χ0) is 14.7. The molecular formula is C12H16N4O3S. The van der Waals surface area contributed by atoms with E-state index in [1.807, 2.05) is 20.8 Å². The first kappa shape index (κ1) is 13.4. The molecule has 0 spiro atoms. The summed E-state index contributed by atoms with van der Waals surface area (Å²) < 4.78 is 1.14. The Kier molecular flexibility index (Phi) is 2.82. The number of thioether (sulfide) groups is 1. The number of aryl methyl sites for hydroxylation is 1. The van der Waals surface area contributed by atoms with Crippen LogP contribution in [0.1, 0.15) is 24.7 Å². The normalized spacial score (nSPS) is 32.1. The first-order valence-corrected chi connectivity index (χ1v) is 7.30.